The van der Waals surface area contributed by atoms with E-state index in [1.807, 2.05) is 6.92 Å². The van der Waals surface area contributed by atoms with Gasteiger partial charge in [0.1, 0.15) is 5.56 Å². The van der Waals surface area contributed by atoms with Gasteiger partial charge < -0.3 is 0 Å². The van der Waals surface area contributed by atoms with Crippen LogP contribution in [-0.2, 0) is 10.0 Å². The lowest BCUT2D eigenvalue weighted by Gasteiger charge is -2.07. The standard InChI is InChI=1S/C22H16N2O5S/c1-15-10-12-16(13-11-15)30(28,29)23-14-19(17-6-2-4-8-20(17)23)22(25)18-7-3-5-9-21(18)24(26)27/h2-14H,1H3. The monoisotopic (exact) mass is 420 g/mol. The van der Waals surface area contributed by atoms with E-state index in [0.29, 0.717) is 10.9 Å². The van der Waals surface area contributed by atoms with Crippen LogP contribution >= 0.6 is 0 Å². The maximum absolute atomic E-state index is 13.3. The summed E-state index contributed by atoms with van der Waals surface area (Å²) < 4.78 is 27.6. The highest BCUT2D eigenvalue weighted by Gasteiger charge is 2.27. The summed E-state index contributed by atoms with van der Waals surface area (Å²) in [6.45, 7) is 1.85. The fourth-order valence-electron chi connectivity index (χ4n) is 3.32. The second-order valence-corrected chi connectivity index (χ2v) is 8.59. The molecule has 0 amide bonds. The van der Waals surface area contributed by atoms with Gasteiger partial charge in [-0.05, 0) is 31.2 Å². The highest BCUT2D eigenvalue weighted by molar-refractivity contribution is 7.90. The van der Waals surface area contributed by atoms with Crippen molar-refractivity contribution in [3.05, 3.63) is 106 Å². The summed E-state index contributed by atoms with van der Waals surface area (Å²) in [7, 11) is -3.97. The summed E-state index contributed by atoms with van der Waals surface area (Å²) in [4.78, 5) is 24.0. The van der Waals surface area contributed by atoms with E-state index in [0.717, 1.165) is 9.54 Å². The van der Waals surface area contributed by atoms with Gasteiger partial charge in [0.15, 0.2) is 0 Å². The number of benzene rings is 3. The molecule has 4 rings (SSSR count). The van der Waals surface area contributed by atoms with Crippen LogP contribution in [0.2, 0.25) is 0 Å². The van der Waals surface area contributed by atoms with Crippen LogP contribution in [0, 0.1) is 17.0 Å². The number of carbonyl (C=O) groups is 1. The first-order valence-corrected chi connectivity index (χ1v) is 10.4. The number of aryl methyl sites for hydroxylation is 1. The number of nitro benzene ring substituents is 1. The van der Waals surface area contributed by atoms with Crippen molar-refractivity contribution in [3.8, 4) is 0 Å². The molecule has 0 radical (unpaired) electrons. The highest BCUT2D eigenvalue weighted by Crippen LogP contribution is 2.30. The maximum Gasteiger partial charge on any atom is 0.280 e. The van der Waals surface area contributed by atoms with E-state index in [4.69, 9.17) is 0 Å². The molecule has 7 nitrogen and oxygen atoms in total. The zero-order chi connectivity index (χ0) is 21.5. The molecule has 0 aliphatic rings. The van der Waals surface area contributed by atoms with E-state index < -0.39 is 20.7 Å². The van der Waals surface area contributed by atoms with Crippen LogP contribution in [0.4, 0.5) is 5.69 Å². The van der Waals surface area contributed by atoms with Gasteiger partial charge in [0, 0.05) is 23.2 Å². The van der Waals surface area contributed by atoms with Crippen molar-refractivity contribution in [3.63, 3.8) is 0 Å². The molecule has 30 heavy (non-hydrogen) atoms. The van der Waals surface area contributed by atoms with E-state index in [1.165, 1.54) is 42.6 Å². The van der Waals surface area contributed by atoms with Gasteiger partial charge in [-0.25, -0.2) is 12.4 Å². The molecular weight excluding hydrogens is 404 g/mol. The average Bonchev–Trinajstić information content (AvgIpc) is 3.14. The first-order valence-electron chi connectivity index (χ1n) is 9.01. The SMILES string of the molecule is Cc1ccc(S(=O)(=O)n2cc(C(=O)c3ccccc3[N+](=O)[O-])c3ccccc32)cc1. The third kappa shape index (κ3) is 3.17. The smallest absolute Gasteiger partial charge is 0.280 e. The lowest BCUT2D eigenvalue weighted by atomic mass is 10.0. The molecule has 0 N–H and O–H groups in total. The van der Waals surface area contributed by atoms with Crippen molar-refractivity contribution in [1.82, 2.24) is 3.97 Å². The van der Waals surface area contributed by atoms with Gasteiger partial charge in [-0.1, -0.05) is 48.0 Å². The molecule has 0 bridgehead atoms. The Bertz CT molecular complexity index is 1400. The lowest BCUT2D eigenvalue weighted by Crippen LogP contribution is -2.12. The van der Waals surface area contributed by atoms with Crippen molar-refractivity contribution >= 4 is 32.4 Å². The molecule has 0 spiro atoms. The molecule has 0 saturated carbocycles. The summed E-state index contributed by atoms with van der Waals surface area (Å²) in [6.07, 6.45) is 1.24. The van der Waals surface area contributed by atoms with Crippen LogP contribution < -0.4 is 0 Å². The zero-order valence-corrected chi connectivity index (χ0v) is 16.7. The Morgan fingerprint density at radius 3 is 2.23 bits per heavy atom. The molecule has 0 aliphatic carbocycles. The number of aromatic nitrogens is 1. The van der Waals surface area contributed by atoms with Crippen molar-refractivity contribution in [2.24, 2.45) is 0 Å². The third-order valence-corrected chi connectivity index (χ3v) is 6.53. The number of ketones is 1. The van der Waals surface area contributed by atoms with Crippen molar-refractivity contribution in [2.75, 3.05) is 0 Å². The minimum atomic E-state index is -3.97. The molecule has 150 valence electrons. The second-order valence-electron chi connectivity index (χ2n) is 6.78. The Morgan fingerprint density at radius 2 is 1.53 bits per heavy atom. The molecule has 1 heterocycles. The molecule has 4 aromatic rings. The van der Waals surface area contributed by atoms with E-state index in [-0.39, 0.29) is 21.7 Å². The number of fused-ring (bicyclic) bond motifs is 1. The third-order valence-electron chi connectivity index (χ3n) is 4.85. The van der Waals surface area contributed by atoms with Gasteiger partial charge in [0.25, 0.3) is 15.7 Å². The molecule has 8 heteroatoms. The van der Waals surface area contributed by atoms with Gasteiger partial charge >= 0.3 is 0 Å². The Morgan fingerprint density at radius 1 is 0.900 bits per heavy atom. The fourth-order valence-corrected chi connectivity index (χ4v) is 4.69. The predicted molar refractivity (Wildman–Crippen MR) is 112 cm³/mol. The summed E-state index contributed by atoms with van der Waals surface area (Å²) in [5.41, 5.74) is 0.882. The van der Waals surface area contributed by atoms with Crippen molar-refractivity contribution in [1.29, 1.82) is 0 Å². The second kappa shape index (κ2) is 7.23. The summed E-state index contributed by atoms with van der Waals surface area (Å²) in [5.74, 6) is -0.614. The molecule has 1 aromatic heterocycles. The lowest BCUT2D eigenvalue weighted by molar-refractivity contribution is -0.385. The number of para-hydroxylation sites is 2. The van der Waals surface area contributed by atoms with Crippen molar-refractivity contribution < 1.29 is 18.1 Å². The summed E-state index contributed by atoms with van der Waals surface area (Å²) in [5, 5.41) is 11.7. The maximum atomic E-state index is 13.3. The first kappa shape index (κ1) is 19.5. The summed E-state index contributed by atoms with van der Waals surface area (Å²) >= 11 is 0. The van der Waals surface area contributed by atoms with Crippen molar-refractivity contribution in [2.45, 2.75) is 11.8 Å². The van der Waals surface area contributed by atoms with Gasteiger partial charge in [0.05, 0.1) is 15.3 Å². The van der Waals surface area contributed by atoms with Crippen LogP contribution in [0.1, 0.15) is 21.5 Å². The molecular formula is C22H16N2O5S. The number of rotatable bonds is 5. The van der Waals surface area contributed by atoms with Crippen LogP contribution in [0.3, 0.4) is 0 Å². The van der Waals surface area contributed by atoms with Gasteiger partial charge in [-0.15, -0.1) is 0 Å². The number of nitrogens with zero attached hydrogens (tertiary/aromatic N) is 2. The van der Waals surface area contributed by atoms with Crippen LogP contribution in [0.15, 0.2) is 83.9 Å². The first-order chi connectivity index (χ1) is 14.3. The summed E-state index contributed by atoms with van der Waals surface area (Å²) in [6, 6.07) is 18.6. The highest BCUT2D eigenvalue weighted by atomic mass is 32.2. The molecule has 0 atom stereocenters. The normalized spacial score (nSPS) is 11.5. The Balaban J connectivity index is 1.94. The molecule has 0 saturated heterocycles. The number of carbonyl (C=O) groups excluding carboxylic acids is 1. The van der Waals surface area contributed by atoms with Gasteiger partial charge in [0.2, 0.25) is 5.78 Å². The van der Waals surface area contributed by atoms with E-state index in [2.05, 4.69) is 0 Å². The average molecular weight is 420 g/mol. The van der Waals surface area contributed by atoms with Crippen LogP contribution in [0.5, 0.6) is 0 Å². The Labute approximate surface area is 172 Å². The minimum Gasteiger partial charge on any atom is -0.288 e. The minimum absolute atomic E-state index is 0.0792. The zero-order valence-electron chi connectivity index (χ0n) is 15.8. The topological polar surface area (TPSA) is 99.3 Å². The fraction of sp³-hybridized carbons (Fsp3) is 0.0455. The largest absolute Gasteiger partial charge is 0.288 e. The molecule has 3 aromatic carbocycles. The van der Waals surface area contributed by atoms with E-state index >= 15 is 0 Å². The van der Waals surface area contributed by atoms with E-state index in [1.54, 1.807) is 36.4 Å². The van der Waals surface area contributed by atoms with E-state index in [9.17, 15) is 23.3 Å². The molecule has 0 unspecified atom stereocenters. The predicted octanol–water partition coefficient (Wildman–Crippen LogP) is 4.33. The number of hydrogen-bond acceptors (Lipinski definition) is 5. The Kier molecular flexibility index (Phi) is 4.71. The molecule has 0 aliphatic heterocycles. The van der Waals surface area contributed by atoms with Gasteiger partial charge in [-0.3, -0.25) is 14.9 Å². The van der Waals surface area contributed by atoms with Crippen LogP contribution in [0.25, 0.3) is 10.9 Å². The van der Waals surface area contributed by atoms with Crippen LogP contribution in [-0.4, -0.2) is 23.1 Å². The quantitative estimate of drug-likeness (QED) is 0.272. The Hall–Kier alpha value is -3.78. The van der Waals surface area contributed by atoms with Gasteiger partial charge in [-0.2, -0.15) is 0 Å². The molecule has 0 fully saturated rings. The number of hydrogen-bond donors (Lipinski definition) is 0. The number of nitro groups is 1.